The minimum atomic E-state index is 0.242. The summed E-state index contributed by atoms with van der Waals surface area (Å²) >= 11 is 0. The van der Waals surface area contributed by atoms with Gasteiger partial charge in [-0.2, -0.15) is 0 Å². The molecule has 0 unspecified atom stereocenters. The van der Waals surface area contributed by atoms with E-state index in [0.717, 1.165) is 26.1 Å². The summed E-state index contributed by atoms with van der Waals surface area (Å²) in [7, 11) is 0. The van der Waals surface area contributed by atoms with Crippen LogP contribution < -0.4 is 10.6 Å². The van der Waals surface area contributed by atoms with Crippen molar-refractivity contribution < 1.29 is 9.47 Å². The number of hydrogen-bond donors (Lipinski definition) is 2. The van der Waals surface area contributed by atoms with Gasteiger partial charge in [0.05, 0.1) is 24.3 Å². The Bertz CT molecular complexity index is 1300. The van der Waals surface area contributed by atoms with Gasteiger partial charge in [-0.05, 0) is 48.9 Å². The maximum absolute atomic E-state index is 6.12. The van der Waals surface area contributed by atoms with Crippen molar-refractivity contribution in [2.45, 2.75) is 50.0 Å². The Morgan fingerprint density at radius 1 is 0.475 bits per heavy atom. The molecule has 2 saturated heterocycles. The summed E-state index contributed by atoms with van der Waals surface area (Å²) < 4.78 is 12.2. The number of para-hydroxylation sites is 2. The monoisotopic (exact) mass is 530 g/mol. The second-order valence-electron chi connectivity index (χ2n) is 11.4. The van der Waals surface area contributed by atoms with E-state index in [-0.39, 0.29) is 12.2 Å². The van der Waals surface area contributed by atoms with Gasteiger partial charge in [0, 0.05) is 47.6 Å². The number of nitrogens with one attached hydrogen (secondary N) is 2. The van der Waals surface area contributed by atoms with Crippen LogP contribution in [0.25, 0.3) is 0 Å². The zero-order chi connectivity index (χ0) is 26.7. The van der Waals surface area contributed by atoms with Crippen LogP contribution in [0.2, 0.25) is 0 Å². The predicted molar refractivity (Wildman–Crippen MR) is 161 cm³/mol. The first-order valence-corrected chi connectivity index (χ1v) is 14.9. The molecule has 4 aromatic rings. The molecule has 204 valence electrons. The molecule has 0 aliphatic carbocycles. The van der Waals surface area contributed by atoms with Crippen LogP contribution >= 0.6 is 0 Å². The number of benzene rings is 4. The largest absolute Gasteiger partial charge is 0.378 e. The van der Waals surface area contributed by atoms with Gasteiger partial charge in [-0.3, -0.25) is 0 Å². The number of anilines is 2. The standard InChI is InChI=1S/2C18H19NO/c2*1-2-7-13(8-3-1)17-15-10-6-12-20-18(15)14-9-4-5-11-16(14)19-17/h2*1-5,7-9,11,15,17-19H,6,10,12H2/t15-,17+,18+;15-,17-,18+/m11/s1. The summed E-state index contributed by atoms with van der Waals surface area (Å²) in [6, 6.07) is 39.4. The third kappa shape index (κ3) is 4.91. The molecule has 40 heavy (non-hydrogen) atoms. The van der Waals surface area contributed by atoms with E-state index in [2.05, 4.69) is 120 Å². The molecule has 4 nitrogen and oxygen atoms in total. The van der Waals surface area contributed by atoms with Crippen LogP contribution in [0.3, 0.4) is 0 Å². The van der Waals surface area contributed by atoms with E-state index in [1.165, 1.54) is 46.5 Å². The molecule has 4 aromatic carbocycles. The fraction of sp³-hybridized carbons (Fsp3) is 0.333. The maximum Gasteiger partial charge on any atom is 0.0895 e. The molecule has 0 bridgehead atoms. The molecule has 2 N–H and O–H groups in total. The van der Waals surface area contributed by atoms with Crippen molar-refractivity contribution >= 4 is 11.4 Å². The number of ether oxygens (including phenoxy) is 2. The summed E-state index contributed by atoms with van der Waals surface area (Å²) in [6.45, 7) is 1.77. The molecule has 4 aliphatic rings. The molecule has 8 rings (SSSR count). The quantitative estimate of drug-likeness (QED) is 0.272. The Kier molecular flexibility index (Phi) is 7.28. The van der Waals surface area contributed by atoms with Gasteiger partial charge < -0.3 is 20.1 Å². The highest BCUT2D eigenvalue weighted by atomic mass is 16.5. The summed E-state index contributed by atoms with van der Waals surface area (Å²) in [5.41, 5.74) is 7.83. The average molecular weight is 531 g/mol. The van der Waals surface area contributed by atoms with Crippen LogP contribution in [0.1, 0.15) is 72.2 Å². The average Bonchev–Trinajstić information content (AvgIpc) is 3.05. The molecule has 0 aromatic heterocycles. The van der Waals surface area contributed by atoms with E-state index in [1.54, 1.807) is 0 Å². The first-order chi connectivity index (χ1) is 19.9. The fourth-order valence-electron chi connectivity index (χ4n) is 7.22. The zero-order valence-electron chi connectivity index (χ0n) is 22.9. The summed E-state index contributed by atoms with van der Waals surface area (Å²) in [6.07, 6.45) is 5.26. The van der Waals surface area contributed by atoms with E-state index >= 15 is 0 Å². The molecular weight excluding hydrogens is 492 g/mol. The smallest absolute Gasteiger partial charge is 0.0895 e. The summed E-state index contributed by atoms with van der Waals surface area (Å²) in [5, 5.41) is 7.46. The van der Waals surface area contributed by atoms with E-state index in [0.29, 0.717) is 23.9 Å². The molecule has 6 atom stereocenters. The molecular formula is C36H38N2O2. The zero-order valence-corrected chi connectivity index (χ0v) is 22.9. The van der Waals surface area contributed by atoms with Gasteiger partial charge in [0.2, 0.25) is 0 Å². The van der Waals surface area contributed by atoms with Crippen molar-refractivity contribution in [2.24, 2.45) is 11.8 Å². The van der Waals surface area contributed by atoms with Gasteiger partial charge in [0.1, 0.15) is 0 Å². The number of hydrogen-bond acceptors (Lipinski definition) is 4. The molecule has 0 radical (unpaired) electrons. The highest BCUT2D eigenvalue weighted by Gasteiger charge is 2.40. The molecule has 0 spiro atoms. The SMILES string of the molecule is c1ccc([C@@H]2Nc3ccccc3[C@@H]3OCCC[C@H]23)cc1.c1ccc([C@H]2Nc3ccccc3[C@@H]3OCCC[C@H]23)cc1. The van der Waals surface area contributed by atoms with E-state index in [9.17, 15) is 0 Å². The van der Waals surface area contributed by atoms with Gasteiger partial charge in [-0.1, -0.05) is 97.1 Å². The van der Waals surface area contributed by atoms with Crippen molar-refractivity contribution in [1.29, 1.82) is 0 Å². The lowest BCUT2D eigenvalue weighted by molar-refractivity contribution is -0.0382. The third-order valence-corrected chi connectivity index (χ3v) is 9.07. The fourth-order valence-corrected chi connectivity index (χ4v) is 7.22. The van der Waals surface area contributed by atoms with Gasteiger partial charge in [0.25, 0.3) is 0 Å². The van der Waals surface area contributed by atoms with Crippen LogP contribution in [0.15, 0.2) is 109 Å². The first kappa shape index (κ1) is 25.4. The molecule has 4 aliphatic heterocycles. The second-order valence-corrected chi connectivity index (χ2v) is 11.4. The van der Waals surface area contributed by atoms with Crippen molar-refractivity contribution in [1.82, 2.24) is 0 Å². The summed E-state index contributed by atoms with van der Waals surface area (Å²) in [4.78, 5) is 0. The Labute approximate surface area is 237 Å². The van der Waals surface area contributed by atoms with Gasteiger partial charge >= 0.3 is 0 Å². The van der Waals surface area contributed by atoms with Crippen LogP contribution in [0.4, 0.5) is 11.4 Å². The Hall–Kier alpha value is -3.60. The van der Waals surface area contributed by atoms with E-state index < -0.39 is 0 Å². The highest BCUT2D eigenvalue weighted by molar-refractivity contribution is 5.58. The van der Waals surface area contributed by atoms with Gasteiger partial charge in [0.15, 0.2) is 0 Å². The molecule has 0 saturated carbocycles. The Morgan fingerprint density at radius 2 is 0.875 bits per heavy atom. The topological polar surface area (TPSA) is 42.5 Å². The normalized spacial score (nSPS) is 28.1. The third-order valence-electron chi connectivity index (χ3n) is 9.07. The minimum absolute atomic E-state index is 0.242. The van der Waals surface area contributed by atoms with Crippen molar-refractivity contribution in [3.05, 3.63) is 131 Å². The van der Waals surface area contributed by atoms with E-state index in [4.69, 9.17) is 9.47 Å². The molecule has 0 amide bonds. The lowest BCUT2D eigenvalue weighted by atomic mass is 9.77. The lowest BCUT2D eigenvalue weighted by Gasteiger charge is -2.43. The Balaban J connectivity index is 0.000000132. The van der Waals surface area contributed by atoms with Gasteiger partial charge in [-0.25, -0.2) is 0 Å². The molecule has 4 heterocycles. The Morgan fingerprint density at radius 3 is 1.32 bits per heavy atom. The molecule has 2 fully saturated rings. The lowest BCUT2D eigenvalue weighted by Crippen LogP contribution is -2.35. The van der Waals surface area contributed by atoms with Crippen molar-refractivity contribution in [3.63, 3.8) is 0 Å². The molecule has 4 heteroatoms. The van der Waals surface area contributed by atoms with Gasteiger partial charge in [-0.15, -0.1) is 0 Å². The summed E-state index contributed by atoms with van der Waals surface area (Å²) in [5.74, 6) is 1.06. The maximum atomic E-state index is 6.12. The predicted octanol–water partition coefficient (Wildman–Crippen LogP) is 8.64. The second kappa shape index (κ2) is 11.5. The van der Waals surface area contributed by atoms with Crippen molar-refractivity contribution in [2.75, 3.05) is 23.8 Å². The van der Waals surface area contributed by atoms with Crippen LogP contribution in [0, 0.1) is 11.8 Å². The minimum Gasteiger partial charge on any atom is -0.378 e. The van der Waals surface area contributed by atoms with E-state index in [1.807, 2.05) is 0 Å². The van der Waals surface area contributed by atoms with Crippen LogP contribution in [0.5, 0.6) is 0 Å². The number of rotatable bonds is 2. The first-order valence-electron chi connectivity index (χ1n) is 14.9. The van der Waals surface area contributed by atoms with Crippen molar-refractivity contribution in [3.8, 4) is 0 Å². The number of fused-ring (bicyclic) bond motifs is 6. The highest BCUT2D eigenvalue weighted by Crippen LogP contribution is 2.50. The van der Waals surface area contributed by atoms with Crippen LogP contribution in [-0.4, -0.2) is 13.2 Å². The van der Waals surface area contributed by atoms with Crippen LogP contribution in [-0.2, 0) is 9.47 Å².